The molecular weight excluding hydrogens is 625 g/mol. The average Bonchev–Trinajstić information content (AvgIpc) is 3.22. The normalized spacial score (nSPS) is 10.6. The van der Waals surface area contributed by atoms with Gasteiger partial charge in [0.2, 0.25) is 5.91 Å². The predicted octanol–water partition coefficient (Wildman–Crippen LogP) is 0.351. The van der Waals surface area contributed by atoms with Crippen LogP contribution in [-0.4, -0.2) is 41.9 Å². The van der Waals surface area contributed by atoms with Crippen LogP contribution in [0.4, 0.5) is 23.1 Å². The molecule has 0 radical (unpaired) electrons. The smallest absolute Gasteiger partial charge is 0.392 e. The Morgan fingerprint density at radius 3 is 2.75 bits per heavy atom. The van der Waals surface area contributed by atoms with E-state index in [2.05, 4.69) is 42.4 Å². The van der Waals surface area contributed by atoms with E-state index >= 15 is 0 Å². The van der Waals surface area contributed by atoms with Crippen molar-refractivity contribution in [1.82, 2.24) is 24.5 Å². The van der Waals surface area contributed by atoms with E-state index in [1.165, 1.54) is 18.6 Å². The molecule has 1 amide bonds. The number of quaternary nitrogens is 1. The van der Waals surface area contributed by atoms with Gasteiger partial charge in [-0.25, -0.2) is 15.0 Å². The summed E-state index contributed by atoms with van der Waals surface area (Å²) < 4.78 is 1.60. The summed E-state index contributed by atoms with van der Waals surface area (Å²) in [6.45, 7) is 2.33. The molecule has 0 saturated carbocycles. The highest BCUT2D eigenvalue weighted by molar-refractivity contribution is 6.42. The number of nitrogens with two attached hydrogens (primary N) is 1. The number of hydrogen-bond acceptors (Lipinski definition) is 8. The summed E-state index contributed by atoms with van der Waals surface area (Å²) in [5, 5.41) is 20.5. The van der Waals surface area contributed by atoms with Gasteiger partial charge in [-0.2, -0.15) is 0 Å². The maximum Gasteiger partial charge on any atom is 0.392 e. The topological polar surface area (TPSA) is 157 Å². The molecule has 0 aliphatic rings. The van der Waals surface area contributed by atoms with Crippen LogP contribution in [0.25, 0.3) is 10.9 Å². The Kier molecular flexibility index (Phi) is 10.5. The number of carbonyl (C=O) groups excluding carboxylic acids is 1. The highest BCUT2D eigenvalue weighted by atomic mass is 79.9. The van der Waals surface area contributed by atoms with Gasteiger partial charge in [0.05, 0.1) is 28.3 Å². The molecule has 0 unspecified atom stereocenters. The van der Waals surface area contributed by atoms with Crippen LogP contribution in [0.1, 0.15) is 18.4 Å². The van der Waals surface area contributed by atoms with Gasteiger partial charge in [-0.05, 0) is 53.1 Å². The highest BCUT2D eigenvalue weighted by Gasteiger charge is 2.25. The van der Waals surface area contributed by atoms with E-state index in [0.717, 1.165) is 0 Å². The second-order valence-corrected chi connectivity index (χ2v) is 8.89. The van der Waals surface area contributed by atoms with Crippen LogP contribution in [0.3, 0.4) is 0 Å². The van der Waals surface area contributed by atoms with Crippen molar-refractivity contribution in [1.29, 1.82) is 0 Å². The summed E-state index contributed by atoms with van der Waals surface area (Å²) in [5.41, 5.74) is 1.69. The molecular formula is C25H22BrCl2N9O3. The standard InChI is InChI=1S/C25H21Cl2N9O3.BrH/c1-3-5-22-34-25(36(38)39)20(35(22)2)13-28-9-4-6-23(37)33-21-11-16-19(12-29-21)30-14-31-24(16)32-15-7-8-17(26)18(27)10-15;/h4,6-8,10-12,14,28H,9,13H2,1-2H3,(H,29,33,37)(H,30,31,32);1H/b6-4+;. The number of imidazole rings is 1. The van der Waals surface area contributed by atoms with Gasteiger partial charge in [-0.1, -0.05) is 29.1 Å². The monoisotopic (exact) mass is 645 g/mol. The lowest BCUT2D eigenvalue weighted by Crippen LogP contribution is -3.00. The van der Waals surface area contributed by atoms with Crippen LogP contribution in [0.2, 0.25) is 10.0 Å². The Morgan fingerprint density at radius 2 is 2.02 bits per heavy atom. The number of pyridine rings is 1. The van der Waals surface area contributed by atoms with E-state index in [1.807, 2.05) is 5.32 Å². The molecule has 0 atom stereocenters. The molecule has 0 saturated heterocycles. The van der Waals surface area contributed by atoms with Crippen LogP contribution in [-0.2, 0) is 18.4 Å². The zero-order valence-electron chi connectivity index (χ0n) is 21.2. The molecule has 4 N–H and O–H groups in total. The van der Waals surface area contributed by atoms with E-state index in [4.69, 9.17) is 23.2 Å². The van der Waals surface area contributed by atoms with Gasteiger partial charge >= 0.3 is 5.82 Å². The van der Waals surface area contributed by atoms with Crippen LogP contribution in [0, 0.1) is 22.0 Å². The molecule has 3 heterocycles. The third-order valence-corrected chi connectivity index (χ3v) is 6.21. The fourth-order valence-corrected chi connectivity index (χ4v) is 3.91. The van der Waals surface area contributed by atoms with Gasteiger partial charge in [-0.15, -0.1) is 0 Å². The Labute approximate surface area is 249 Å². The number of carbonyl (C=O) groups is 1. The van der Waals surface area contributed by atoms with Crippen LogP contribution in [0.5, 0.6) is 0 Å². The van der Waals surface area contributed by atoms with E-state index in [0.29, 0.717) is 56.3 Å². The number of anilines is 3. The van der Waals surface area contributed by atoms with Gasteiger partial charge in [0, 0.05) is 24.2 Å². The molecule has 0 fully saturated rings. The molecule has 4 aromatic rings. The van der Waals surface area contributed by atoms with Gasteiger partial charge < -0.3 is 43.0 Å². The predicted molar refractivity (Wildman–Crippen MR) is 148 cm³/mol. The first kappa shape index (κ1) is 30.5. The van der Waals surface area contributed by atoms with Crippen molar-refractivity contribution in [2.75, 3.05) is 17.2 Å². The van der Waals surface area contributed by atoms with Gasteiger partial charge in [0.1, 0.15) is 24.5 Å². The van der Waals surface area contributed by atoms with Crippen molar-refractivity contribution < 1.29 is 32.0 Å². The number of nitrogens with one attached hydrogen (secondary N) is 2. The molecule has 0 aliphatic heterocycles. The fourth-order valence-electron chi connectivity index (χ4n) is 3.61. The summed E-state index contributed by atoms with van der Waals surface area (Å²) in [6.07, 6.45) is 5.94. The van der Waals surface area contributed by atoms with Crippen LogP contribution in [0.15, 0.2) is 48.9 Å². The minimum Gasteiger partial charge on any atom is -1.00 e. The second-order valence-electron chi connectivity index (χ2n) is 8.08. The van der Waals surface area contributed by atoms with Gasteiger partial charge in [0.15, 0.2) is 5.69 Å². The minimum atomic E-state index is -0.527. The van der Waals surface area contributed by atoms with Crippen molar-refractivity contribution in [2.24, 2.45) is 7.05 Å². The van der Waals surface area contributed by atoms with Crippen molar-refractivity contribution in [3.8, 4) is 11.8 Å². The van der Waals surface area contributed by atoms with E-state index in [9.17, 15) is 14.9 Å². The Bertz CT molecular complexity index is 1660. The van der Waals surface area contributed by atoms with Gasteiger partial charge in [0.25, 0.3) is 5.82 Å². The first-order valence-electron chi connectivity index (χ1n) is 11.5. The summed E-state index contributed by atoms with van der Waals surface area (Å²) in [7, 11) is 1.68. The van der Waals surface area contributed by atoms with Crippen molar-refractivity contribution in [3.05, 3.63) is 80.6 Å². The number of rotatable bonds is 9. The van der Waals surface area contributed by atoms with Crippen LogP contribution >= 0.6 is 23.2 Å². The third-order valence-electron chi connectivity index (χ3n) is 5.47. The summed E-state index contributed by atoms with van der Waals surface area (Å²) >= 11 is 12.1. The first-order chi connectivity index (χ1) is 18.8. The second kappa shape index (κ2) is 13.8. The molecule has 0 spiro atoms. The molecule has 0 bridgehead atoms. The van der Waals surface area contributed by atoms with Crippen molar-refractivity contribution in [3.63, 3.8) is 0 Å². The SMILES string of the molecule is CC#Cc1nc([N+](=O)[O-])c(C[NH2+]C/C=C/C(=O)Nc2cc3c(Nc4ccc(Cl)c(Cl)c4)ncnc3cn2)n1C.[Br-]. The number of hydrogen-bond donors (Lipinski definition) is 3. The molecule has 0 aliphatic carbocycles. The highest BCUT2D eigenvalue weighted by Crippen LogP contribution is 2.29. The molecule has 4 rings (SSSR count). The Balaban J connectivity index is 0.00000441. The fraction of sp³-hybridized carbons (Fsp3) is 0.160. The lowest BCUT2D eigenvalue weighted by atomic mass is 10.2. The lowest BCUT2D eigenvalue weighted by molar-refractivity contribution is -0.663. The van der Waals surface area contributed by atoms with E-state index in [1.54, 1.807) is 48.9 Å². The molecule has 206 valence electrons. The molecule has 15 heteroatoms. The zero-order chi connectivity index (χ0) is 27.9. The van der Waals surface area contributed by atoms with Crippen LogP contribution < -0.4 is 32.9 Å². The largest absolute Gasteiger partial charge is 1.00 e. The average molecular weight is 647 g/mol. The molecule has 12 nitrogen and oxygen atoms in total. The number of halogens is 3. The van der Waals surface area contributed by atoms with Crippen molar-refractivity contribution in [2.45, 2.75) is 13.5 Å². The number of benzene rings is 1. The summed E-state index contributed by atoms with van der Waals surface area (Å²) in [5.74, 6) is 5.96. The number of aromatic nitrogens is 5. The molecule has 1 aromatic carbocycles. The molecule has 3 aromatic heterocycles. The van der Waals surface area contributed by atoms with Gasteiger partial charge in [-0.3, -0.25) is 9.36 Å². The maximum atomic E-state index is 12.5. The van der Waals surface area contributed by atoms with Crippen molar-refractivity contribution >= 4 is 63.2 Å². The maximum absolute atomic E-state index is 12.5. The quantitative estimate of drug-likeness (QED) is 0.0773. The number of nitro groups is 1. The van der Waals surface area contributed by atoms with E-state index in [-0.39, 0.29) is 29.3 Å². The Hall–Kier alpha value is -4.09. The van der Waals surface area contributed by atoms with E-state index < -0.39 is 10.8 Å². The first-order valence-corrected chi connectivity index (χ1v) is 12.3. The number of amides is 1. The third kappa shape index (κ3) is 7.30. The minimum absolute atomic E-state index is 0. The number of nitrogens with zero attached hydrogens (tertiary/aromatic N) is 6. The summed E-state index contributed by atoms with van der Waals surface area (Å²) in [4.78, 5) is 40.0. The summed E-state index contributed by atoms with van der Waals surface area (Å²) in [6, 6.07) is 6.76. The zero-order valence-corrected chi connectivity index (χ0v) is 24.3. The number of fused-ring (bicyclic) bond motifs is 1. The molecule has 40 heavy (non-hydrogen) atoms. The lowest BCUT2D eigenvalue weighted by Gasteiger charge is -2.10. The Morgan fingerprint density at radius 1 is 1.23 bits per heavy atom.